The fourth-order valence-corrected chi connectivity index (χ4v) is 3.03. The van der Waals surface area contributed by atoms with Crippen molar-refractivity contribution >= 4 is 28.9 Å². The van der Waals surface area contributed by atoms with E-state index in [0.717, 1.165) is 43.2 Å². The lowest BCUT2D eigenvalue weighted by Crippen LogP contribution is -2.36. The zero-order valence-corrected chi connectivity index (χ0v) is 15.5. The van der Waals surface area contributed by atoms with Gasteiger partial charge >= 0.3 is 0 Å². The Kier molecular flexibility index (Phi) is 6.75. The Hall–Kier alpha value is -2.24. The van der Waals surface area contributed by atoms with Crippen molar-refractivity contribution in [1.82, 2.24) is 5.32 Å². The predicted molar refractivity (Wildman–Crippen MR) is 106 cm³/mol. The summed E-state index contributed by atoms with van der Waals surface area (Å²) in [6.45, 7) is 4.39. The molecule has 0 spiro atoms. The quantitative estimate of drug-likeness (QED) is 0.782. The number of carbonyl (C=O) groups excluding carboxylic acids is 1. The lowest BCUT2D eigenvalue weighted by atomic mass is 10.2. The summed E-state index contributed by atoms with van der Waals surface area (Å²) >= 11 is 5.86. The van der Waals surface area contributed by atoms with Gasteiger partial charge in [0.25, 0.3) is 0 Å². The third-order valence-electron chi connectivity index (χ3n) is 4.33. The standard InChI is InChI=1S/C20H24ClN3O2/c21-17-7-5-16(6-8-17)15-23-20(25)9-10-22-18-3-1-2-4-19(18)24-11-13-26-14-12-24/h1-8,22H,9-15H2,(H,23,25). The molecule has 0 aliphatic carbocycles. The maximum absolute atomic E-state index is 12.1. The molecule has 1 heterocycles. The van der Waals surface area contributed by atoms with Gasteiger partial charge in [-0.2, -0.15) is 0 Å². The van der Waals surface area contributed by atoms with E-state index in [4.69, 9.17) is 16.3 Å². The average Bonchev–Trinajstić information content (AvgIpc) is 2.69. The van der Waals surface area contributed by atoms with Crippen molar-refractivity contribution in [1.29, 1.82) is 0 Å². The van der Waals surface area contributed by atoms with E-state index in [1.807, 2.05) is 36.4 Å². The Bertz CT molecular complexity index is 715. The summed E-state index contributed by atoms with van der Waals surface area (Å²) in [6, 6.07) is 15.7. The third-order valence-corrected chi connectivity index (χ3v) is 4.58. The number of amides is 1. The number of nitrogens with zero attached hydrogens (tertiary/aromatic N) is 1. The molecule has 1 aliphatic rings. The minimum Gasteiger partial charge on any atom is -0.383 e. The molecule has 3 rings (SSSR count). The van der Waals surface area contributed by atoms with Crippen LogP contribution in [-0.2, 0) is 16.1 Å². The van der Waals surface area contributed by atoms with Crippen molar-refractivity contribution in [2.24, 2.45) is 0 Å². The van der Waals surface area contributed by atoms with Gasteiger partial charge in [0.15, 0.2) is 0 Å². The molecule has 1 amide bonds. The first-order valence-corrected chi connectivity index (χ1v) is 9.27. The Morgan fingerprint density at radius 2 is 1.81 bits per heavy atom. The van der Waals surface area contributed by atoms with Crippen LogP contribution in [0.5, 0.6) is 0 Å². The number of benzene rings is 2. The van der Waals surface area contributed by atoms with Crippen LogP contribution in [0.15, 0.2) is 48.5 Å². The maximum Gasteiger partial charge on any atom is 0.222 e. The zero-order chi connectivity index (χ0) is 18.2. The van der Waals surface area contributed by atoms with Crippen LogP contribution in [0.25, 0.3) is 0 Å². The monoisotopic (exact) mass is 373 g/mol. The largest absolute Gasteiger partial charge is 0.383 e. The van der Waals surface area contributed by atoms with E-state index in [1.165, 1.54) is 0 Å². The molecule has 0 aromatic heterocycles. The van der Waals surface area contributed by atoms with Gasteiger partial charge in [0.05, 0.1) is 24.6 Å². The van der Waals surface area contributed by atoms with Crippen molar-refractivity contribution in [2.45, 2.75) is 13.0 Å². The lowest BCUT2D eigenvalue weighted by molar-refractivity contribution is -0.121. The Balaban J connectivity index is 1.45. The number of halogens is 1. The molecular formula is C20H24ClN3O2. The summed E-state index contributed by atoms with van der Waals surface area (Å²) in [6.07, 6.45) is 0.422. The van der Waals surface area contributed by atoms with E-state index in [2.05, 4.69) is 27.7 Å². The highest BCUT2D eigenvalue weighted by Gasteiger charge is 2.14. The Morgan fingerprint density at radius 3 is 2.58 bits per heavy atom. The molecule has 0 bridgehead atoms. The second-order valence-corrected chi connectivity index (χ2v) is 6.63. The summed E-state index contributed by atoms with van der Waals surface area (Å²) in [5.74, 6) is 0.0244. The van der Waals surface area contributed by atoms with E-state index in [0.29, 0.717) is 24.5 Å². The van der Waals surface area contributed by atoms with Crippen molar-refractivity contribution in [3.05, 3.63) is 59.1 Å². The van der Waals surface area contributed by atoms with Crippen LogP contribution in [0.4, 0.5) is 11.4 Å². The number of ether oxygens (including phenoxy) is 1. The summed E-state index contributed by atoms with van der Waals surface area (Å²) in [7, 11) is 0. The SMILES string of the molecule is O=C(CCNc1ccccc1N1CCOCC1)NCc1ccc(Cl)cc1. The van der Waals surface area contributed by atoms with Crippen molar-refractivity contribution in [2.75, 3.05) is 43.1 Å². The number of hydrogen-bond acceptors (Lipinski definition) is 4. The molecule has 26 heavy (non-hydrogen) atoms. The van der Waals surface area contributed by atoms with Crippen LogP contribution in [0, 0.1) is 0 Å². The maximum atomic E-state index is 12.1. The number of para-hydroxylation sites is 2. The fraction of sp³-hybridized carbons (Fsp3) is 0.350. The van der Waals surface area contributed by atoms with Gasteiger partial charge in [0.1, 0.15) is 0 Å². The molecule has 0 atom stereocenters. The minimum atomic E-state index is 0.0244. The van der Waals surface area contributed by atoms with Gasteiger partial charge in [0.2, 0.25) is 5.91 Å². The summed E-state index contributed by atoms with van der Waals surface area (Å²) in [5, 5.41) is 7.02. The van der Waals surface area contributed by atoms with Crippen LogP contribution in [-0.4, -0.2) is 38.8 Å². The van der Waals surface area contributed by atoms with Gasteiger partial charge in [-0.1, -0.05) is 35.9 Å². The molecular weight excluding hydrogens is 350 g/mol. The molecule has 1 aliphatic heterocycles. The predicted octanol–water partition coefficient (Wildman–Crippen LogP) is 3.30. The number of rotatable bonds is 7. The second-order valence-electron chi connectivity index (χ2n) is 6.20. The zero-order valence-electron chi connectivity index (χ0n) is 14.7. The van der Waals surface area contributed by atoms with E-state index < -0.39 is 0 Å². The third kappa shape index (κ3) is 5.38. The molecule has 0 radical (unpaired) electrons. The van der Waals surface area contributed by atoms with Gasteiger partial charge in [-0.15, -0.1) is 0 Å². The van der Waals surface area contributed by atoms with Gasteiger partial charge in [-0.05, 0) is 29.8 Å². The van der Waals surface area contributed by atoms with Crippen molar-refractivity contribution < 1.29 is 9.53 Å². The smallest absolute Gasteiger partial charge is 0.222 e. The number of hydrogen-bond donors (Lipinski definition) is 2. The van der Waals surface area contributed by atoms with Gasteiger partial charge in [-0.25, -0.2) is 0 Å². The van der Waals surface area contributed by atoms with E-state index in [1.54, 1.807) is 0 Å². The fourth-order valence-electron chi connectivity index (χ4n) is 2.91. The highest BCUT2D eigenvalue weighted by Crippen LogP contribution is 2.26. The number of nitrogens with one attached hydrogen (secondary N) is 2. The van der Waals surface area contributed by atoms with E-state index >= 15 is 0 Å². The molecule has 5 nitrogen and oxygen atoms in total. The van der Waals surface area contributed by atoms with Crippen LogP contribution in [0.1, 0.15) is 12.0 Å². The van der Waals surface area contributed by atoms with Gasteiger partial charge in [-0.3, -0.25) is 4.79 Å². The van der Waals surface area contributed by atoms with Crippen LogP contribution in [0.2, 0.25) is 5.02 Å². The molecule has 1 saturated heterocycles. The molecule has 1 fully saturated rings. The topological polar surface area (TPSA) is 53.6 Å². The first-order valence-electron chi connectivity index (χ1n) is 8.89. The van der Waals surface area contributed by atoms with Gasteiger partial charge in [0, 0.05) is 37.6 Å². The number of anilines is 2. The van der Waals surface area contributed by atoms with Crippen LogP contribution >= 0.6 is 11.6 Å². The van der Waals surface area contributed by atoms with Crippen molar-refractivity contribution in [3.63, 3.8) is 0 Å². The first-order chi connectivity index (χ1) is 12.7. The van der Waals surface area contributed by atoms with Crippen molar-refractivity contribution in [3.8, 4) is 0 Å². The summed E-state index contributed by atoms with van der Waals surface area (Å²) < 4.78 is 5.42. The molecule has 2 aromatic carbocycles. The van der Waals surface area contributed by atoms with Crippen LogP contribution in [0.3, 0.4) is 0 Å². The summed E-state index contributed by atoms with van der Waals surface area (Å²) in [4.78, 5) is 14.4. The highest BCUT2D eigenvalue weighted by molar-refractivity contribution is 6.30. The molecule has 0 saturated carbocycles. The minimum absolute atomic E-state index is 0.0244. The lowest BCUT2D eigenvalue weighted by Gasteiger charge is -2.30. The molecule has 6 heteroatoms. The normalized spacial score (nSPS) is 14.1. The van der Waals surface area contributed by atoms with E-state index in [-0.39, 0.29) is 5.91 Å². The molecule has 2 aromatic rings. The summed E-state index contributed by atoms with van der Waals surface area (Å²) in [5.41, 5.74) is 3.26. The van der Waals surface area contributed by atoms with E-state index in [9.17, 15) is 4.79 Å². The number of carbonyl (C=O) groups is 1. The first kappa shape index (κ1) is 18.5. The second kappa shape index (κ2) is 9.46. The molecule has 0 unspecified atom stereocenters. The van der Waals surface area contributed by atoms with Gasteiger partial charge < -0.3 is 20.3 Å². The Morgan fingerprint density at radius 1 is 1.08 bits per heavy atom. The average molecular weight is 374 g/mol. The molecule has 138 valence electrons. The molecule has 2 N–H and O–H groups in total. The number of morpholine rings is 1. The highest BCUT2D eigenvalue weighted by atomic mass is 35.5. The Labute approximate surface area is 159 Å². The van der Waals surface area contributed by atoms with Crippen LogP contribution < -0.4 is 15.5 Å².